The van der Waals surface area contributed by atoms with Gasteiger partial charge >= 0.3 is 0 Å². The largest absolute Gasteiger partial charge is 0.382 e. The topological polar surface area (TPSA) is 123 Å². The smallest absolute Gasteiger partial charge is 0.237 e. The van der Waals surface area contributed by atoms with Gasteiger partial charge in [-0.25, -0.2) is 15.0 Å². The number of aliphatic hydroxyl groups is 1. The van der Waals surface area contributed by atoms with E-state index in [4.69, 9.17) is 9.47 Å². The fourth-order valence-electron chi connectivity index (χ4n) is 3.53. The van der Waals surface area contributed by atoms with Gasteiger partial charge in [-0.1, -0.05) is 0 Å². The Morgan fingerprint density at radius 2 is 2.14 bits per heavy atom. The van der Waals surface area contributed by atoms with E-state index in [1.165, 1.54) is 0 Å². The number of fused-ring (bicyclic) bond motifs is 1. The van der Waals surface area contributed by atoms with E-state index in [2.05, 4.69) is 30.2 Å². The lowest BCUT2D eigenvalue weighted by Gasteiger charge is -2.30. The summed E-state index contributed by atoms with van der Waals surface area (Å²) < 4.78 is 12.5. The number of aliphatic hydroxyl groups excluding tert-OH is 1. The highest BCUT2D eigenvalue weighted by Gasteiger charge is 2.25. The van der Waals surface area contributed by atoms with Crippen LogP contribution in [0.15, 0.2) is 25.0 Å². The van der Waals surface area contributed by atoms with Crippen molar-refractivity contribution in [3.8, 4) is 5.95 Å². The Bertz CT molecular complexity index is 875. The summed E-state index contributed by atoms with van der Waals surface area (Å²) in [6.07, 6.45) is 9.68. The molecule has 4 rings (SSSR count). The third kappa shape index (κ3) is 4.20. The number of hydrogen-bond acceptors (Lipinski definition) is 8. The highest BCUT2D eigenvalue weighted by molar-refractivity contribution is 5.73. The lowest BCUT2D eigenvalue weighted by Crippen LogP contribution is -2.38. The molecule has 3 N–H and O–H groups in total. The Kier molecular flexibility index (Phi) is 5.91. The van der Waals surface area contributed by atoms with Gasteiger partial charge in [0.2, 0.25) is 5.95 Å². The SMILES string of the molecule is COCCO[C@H]1CC[C@H](NC(O)c2nc(-n3ccnc3)nc3nc[nH]c23)CC1. The Balaban J connectivity index is 1.43. The molecule has 1 aliphatic rings. The molecule has 3 heterocycles. The third-order valence-electron chi connectivity index (χ3n) is 5.00. The number of rotatable bonds is 8. The molecule has 0 saturated heterocycles. The summed E-state index contributed by atoms with van der Waals surface area (Å²) in [7, 11) is 1.67. The summed E-state index contributed by atoms with van der Waals surface area (Å²) in [6.45, 7) is 1.24. The molecule has 10 nitrogen and oxygen atoms in total. The molecular weight excluding hydrogens is 362 g/mol. The lowest BCUT2D eigenvalue weighted by atomic mass is 9.92. The summed E-state index contributed by atoms with van der Waals surface area (Å²) in [6, 6.07) is 0.196. The third-order valence-corrected chi connectivity index (χ3v) is 5.00. The van der Waals surface area contributed by atoms with Gasteiger partial charge < -0.3 is 19.6 Å². The molecule has 0 radical (unpaired) electrons. The highest BCUT2D eigenvalue weighted by Crippen LogP contribution is 2.25. The first-order valence-electron chi connectivity index (χ1n) is 9.48. The first kappa shape index (κ1) is 18.9. The van der Waals surface area contributed by atoms with Gasteiger partial charge in [-0.05, 0) is 25.7 Å². The molecule has 0 bridgehead atoms. The van der Waals surface area contributed by atoms with E-state index in [-0.39, 0.29) is 12.1 Å². The molecule has 1 unspecified atom stereocenters. The number of aromatic amines is 1. The van der Waals surface area contributed by atoms with Crippen LogP contribution < -0.4 is 5.32 Å². The van der Waals surface area contributed by atoms with Crippen LogP contribution in [0.4, 0.5) is 0 Å². The maximum atomic E-state index is 10.8. The zero-order valence-corrected chi connectivity index (χ0v) is 15.8. The van der Waals surface area contributed by atoms with Crippen LogP contribution >= 0.6 is 0 Å². The van der Waals surface area contributed by atoms with Gasteiger partial charge in [0.1, 0.15) is 17.5 Å². The summed E-state index contributed by atoms with van der Waals surface area (Å²) in [5.41, 5.74) is 1.61. The molecule has 150 valence electrons. The van der Waals surface area contributed by atoms with Gasteiger partial charge in [0.15, 0.2) is 11.9 Å². The molecule has 0 spiro atoms. The molecule has 3 aromatic heterocycles. The van der Waals surface area contributed by atoms with Crippen LogP contribution in [0.2, 0.25) is 0 Å². The molecule has 1 fully saturated rings. The van der Waals surface area contributed by atoms with Crippen LogP contribution in [0.5, 0.6) is 0 Å². The molecule has 10 heteroatoms. The van der Waals surface area contributed by atoms with E-state index >= 15 is 0 Å². The number of nitrogens with one attached hydrogen (secondary N) is 2. The van der Waals surface area contributed by atoms with E-state index in [0.717, 1.165) is 25.7 Å². The second-order valence-electron chi connectivity index (χ2n) is 6.89. The Morgan fingerprint density at radius 3 is 2.89 bits per heavy atom. The van der Waals surface area contributed by atoms with Gasteiger partial charge in [0.25, 0.3) is 0 Å². The predicted molar refractivity (Wildman–Crippen MR) is 101 cm³/mol. The van der Waals surface area contributed by atoms with Crippen molar-refractivity contribution >= 4 is 11.2 Å². The maximum absolute atomic E-state index is 10.8. The standard InChI is InChI=1S/C18H25N7O3/c1-27-8-9-28-13-4-2-12(3-5-13)22-17(26)15-14-16(21-10-20-14)24-18(23-15)25-7-6-19-11-25/h6-7,10-13,17,22,26H,2-5,8-9H2,1H3,(H,20,21,23,24)/t12-,13-,17?. The van der Waals surface area contributed by atoms with Crippen LogP contribution in [-0.2, 0) is 9.47 Å². The average Bonchev–Trinajstić information content (AvgIpc) is 3.40. The van der Waals surface area contributed by atoms with Crippen LogP contribution in [0.25, 0.3) is 17.1 Å². The minimum atomic E-state index is -0.927. The quantitative estimate of drug-likeness (QED) is 0.388. The van der Waals surface area contributed by atoms with E-state index in [1.807, 2.05) is 0 Å². The second-order valence-corrected chi connectivity index (χ2v) is 6.89. The van der Waals surface area contributed by atoms with Crippen LogP contribution in [0, 0.1) is 0 Å². The van der Waals surface area contributed by atoms with Crippen molar-refractivity contribution in [3.63, 3.8) is 0 Å². The first-order valence-corrected chi connectivity index (χ1v) is 9.48. The molecule has 1 aliphatic carbocycles. The Labute approximate surface area is 162 Å². The zero-order valence-electron chi connectivity index (χ0n) is 15.8. The first-order chi connectivity index (χ1) is 13.7. The number of ether oxygens (including phenoxy) is 2. The minimum Gasteiger partial charge on any atom is -0.382 e. The summed E-state index contributed by atoms with van der Waals surface area (Å²) in [4.78, 5) is 20.2. The fraction of sp³-hybridized carbons (Fsp3) is 0.556. The molecule has 28 heavy (non-hydrogen) atoms. The zero-order chi connectivity index (χ0) is 19.3. The molecule has 3 aromatic rings. The van der Waals surface area contributed by atoms with Gasteiger partial charge in [-0.2, -0.15) is 4.98 Å². The Morgan fingerprint density at radius 1 is 1.29 bits per heavy atom. The predicted octanol–water partition coefficient (Wildman–Crippen LogP) is 1.09. The number of nitrogens with zero attached hydrogens (tertiary/aromatic N) is 5. The van der Waals surface area contributed by atoms with Crippen molar-refractivity contribution in [1.82, 2.24) is 34.8 Å². The summed E-state index contributed by atoms with van der Waals surface area (Å²) >= 11 is 0. The van der Waals surface area contributed by atoms with Crippen LogP contribution in [-0.4, -0.2) is 67.1 Å². The average molecular weight is 387 g/mol. The van der Waals surface area contributed by atoms with E-state index in [9.17, 15) is 5.11 Å². The monoisotopic (exact) mass is 387 g/mol. The molecule has 1 atom stereocenters. The van der Waals surface area contributed by atoms with Gasteiger partial charge in [-0.3, -0.25) is 9.88 Å². The molecule has 0 aliphatic heterocycles. The van der Waals surface area contributed by atoms with Crippen molar-refractivity contribution in [3.05, 3.63) is 30.7 Å². The number of imidazole rings is 2. The molecule has 1 saturated carbocycles. The molecule has 0 aromatic carbocycles. The number of aromatic nitrogens is 6. The van der Waals surface area contributed by atoms with E-state index in [0.29, 0.717) is 36.0 Å². The van der Waals surface area contributed by atoms with Gasteiger partial charge in [0, 0.05) is 25.5 Å². The van der Waals surface area contributed by atoms with E-state index < -0.39 is 6.23 Å². The van der Waals surface area contributed by atoms with Crippen molar-refractivity contribution in [2.45, 2.75) is 44.1 Å². The molecular formula is C18H25N7O3. The normalized spacial score (nSPS) is 21.2. The second kappa shape index (κ2) is 8.74. The highest BCUT2D eigenvalue weighted by atomic mass is 16.5. The number of hydrogen-bond donors (Lipinski definition) is 3. The number of methoxy groups -OCH3 is 1. The number of H-pyrrole nitrogens is 1. The van der Waals surface area contributed by atoms with Gasteiger partial charge in [-0.15, -0.1) is 0 Å². The van der Waals surface area contributed by atoms with E-state index in [1.54, 1.807) is 36.7 Å². The van der Waals surface area contributed by atoms with Crippen molar-refractivity contribution < 1.29 is 14.6 Å². The van der Waals surface area contributed by atoms with Crippen molar-refractivity contribution in [1.29, 1.82) is 0 Å². The van der Waals surface area contributed by atoms with Crippen LogP contribution in [0.1, 0.15) is 37.6 Å². The minimum absolute atomic E-state index is 0.196. The summed E-state index contributed by atoms with van der Waals surface area (Å²) in [5, 5.41) is 14.1. The lowest BCUT2D eigenvalue weighted by molar-refractivity contribution is -0.00853. The van der Waals surface area contributed by atoms with Crippen molar-refractivity contribution in [2.75, 3.05) is 20.3 Å². The summed E-state index contributed by atoms with van der Waals surface area (Å²) in [5.74, 6) is 0.420. The van der Waals surface area contributed by atoms with Crippen molar-refractivity contribution in [2.24, 2.45) is 0 Å². The molecule has 0 amide bonds. The van der Waals surface area contributed by atoms with Gasteiger partial charge in [0.05, 0.1) is 25.6 Å². The fourth-order valence-corrected chi connectivity index (χ4v) is 3.53. The van der Waals surface area contributed by atoms with Crippen LogP contribution in [0.3, 0.4) is 0 Å². The Hall–Kier alpha value is -2.40. The maximum Gasteiger partial charge on any atom is 0.237 e.